The van der Waals surface area contributed by atoms with Crippen molar-refractivity contribution < 1.29 is 0 Å². The topological polar surface area (TPSA) is 38.4 Å². The highest BCUT2D eigenvalue weighted by Crippen LogP contribution is 2.11. The normalized spacial score (nSPS) is 10.8. The van der Waals surface area contributed by atoms with E-state index in [1.165, 1.54) is 5.56 Å². The van der Waals surface area contributed by atoms with Gasteiger partial charge < -0.3 is 5.84 Å². The van der Waals surface area contributed by atoms with E-state index in [9.17, 15) is 0 Å². The molecular formula is C6H8N2S. The van der Waals surface area contributed by atoms with Crippen LogP contribution in [0.15, 0.2) is 16.5 Å². The lowest BCUT2D eigenvalue weighted by molar-refractivity contribution is 1.26. The van der Waals surface area contributed by atoms with Crippen molar-refractivity contribution in [2.24, 2.45) is 10.9 Å². The lowest BCUT2D eigenvalue weighted by atomic mass is 10.3. The Balaban J connectivity index is 2.94. The third-order valence-electron chi connectivity index (χ3n) is 1.09. The summed E-state index contributed by atoms with van der Waals surface area (Å²) < 4.78 is 0. The Morgan fingerprint density at radius 1 is 1.78 bits per heavy atom. The van der Waals surface area contributed by atoms with Crippen molar-refractivity contribution in [3.63, 3.8) is 0 Å². The average molecular weight is 140 g/mol. The van der Waals surface area contributed by atoms with Gasteiger partial charge in [-0.15, -0.1) is 11.3 Å². The Labute approximate surface area is 58.0 Å². The highest BCUT2D eigenvalue weighted by atomic mass is 32.1. The van der Waals surface area contributed by atoms with Gasteiger partial charge >= 0.3 is 0 Å². The van der Waals surface area contributed by atoms with Crippen LogP contribution in [0, 0.1) is 6.92 Å². The SMILES string of the molecule is Cc1ccsc1/C=N\N. The van der Waals surface area contributed by atoms with E-state index in [0.717, 1.165) is 4.88 Å². The van der Waals surface area contributed by atoms with Crippen molar-refractivity contribution in [2.75, 3.05) is 0 Å². The summed E-state index contributed by atoms with van der Waals surface area (Å²) >= 11 is 1.64. The predicted octanol–water partition coefficient (Wildman–Crippen LogP) is 1.35. The number of hydrogen-bond donors (Lipinski definition) is 1. The van der Waals surface area contributed by atoms with Crippen LogP contribution in [0.2, 0.25) is 0 Å². The lowest BCUT2D eigenvalue weighted by Crippen LogP contribution is -1.83. The molecule has 0 aliphatic rings. The quantitative estimate of drug-likeness (QED) is 0.357. The van der Waals surface area contributed by atoms with E-state index < -0.39 is 0 Å². The molecule has 2 nitrogen and oxygen atoms in total. The zero-order valence-electron chi connectivity index (χ0n) is 5.16. The van der Waals surface area contributed by atoms with E-state index in [-0.39, 0.29) is 0 Å². The van der Waals surface area contributed by atoms with Crippen LogP contribution >= 0.6 is 11.3 Å². The Morgan fingerprint density at radius 3 is 3.00 bits per heavy atom. The van der Waals surface area contributed by atoms with Gasteiger partial charge in [0, 0.05) is 4.88 Å². The maximum absolute atomic E-state index is 4.96. The first-order valence-corrected chi connectivity index (χ1v) is 3.50. The Kier molecular flexibility index (Phi) is 1.85. The molecule has 0 unspecified atom stereocenters. The second-order valence-electron chi connectivity index (χ2n) is 1.75. The van der Waals surface area contributed by atoms with Crippen molar-refractivity contribution in [3.8, 4) is 0 Å². The Hall–Kier alpha value is -0.830. The fourth-order valence-electron chi connectivity index (χ4n) is 0.584. The molecule has 1 aromatic rings. The van der Waals surface area contributed by atoms with E-state index in [0.29, 0.717) is 0 Å². The van der Waals surface area contributed by atoms with E-state index >= 15 is 0 Å². The molecule has 1 aromatic heterocycles. The number of thiophene rings is 1. The molecule has 0 saturated carbocycles. The highest BCUT2D eigenvalue weighted by molar-refractivity contribution is 7.11. The largest absolute Gasteiger partial charge is 0.323 e. The minimum atomic E-state index is 1.14. The first kappa shape index (κ1) is 6.29. The Bertz CT molecular complexity index is 215. The van der Waals surface area contributed by atoms with E-state index in [1.807, 2.05) is 18.4 Å². The molecule has 0 spiro atoms. The molecule has 0 aromatic carbocycles. The molecule has 0 atom stereocenters. The summed E-state index contributed by atoms with van der Waals surface area (Å²) in [7, 11) is 0. The van der Waals surface area contributed by atoms with Gasteiger partial charge in [-0.2, -0.15) is 5.10 Å². The van der Waals surface area contributed by atoms with Gasteiger partial charge in [0.2, 0.25) is 0 Å². The number of nitrogens with zero attached hydrogens (tertiary/aromatic N) is 1. The summed E-state index contributed by atoms with van der Waals surface area (Å²) in [6.45, 7) is 2.04. The third kappa shape index (κ3) is 1.29. The van der Waals surface area contributed by atoms with Crippen molar-refractivity contribution in [1.29, 1.82) is 0 Å². The van der Waals surface area contributed by atoms with Crippen LogP contribution in [0.25, 0.3) is 0 Å². The van der Waals surface area contributed by atoms with Crippen LogP contribution < -0.4 is 5.84 Å². The number of nitrogens with two attached hydrogens (primary N) is 1. The summed E-state index contributed by atoms with van der Waals surface area (Å²) in [5, 5.41) is 5.44. The second-order valence-corrected chi connectivity index (χ2v) is 2.69. The minimum Gasteiger partial charge on any atom is -0.323 e. The first-order chi connectivity index (χ1) is 4.34. The van der Waals surface area contributed by atoms with Crippen molar-refractivity contribution in [1.82, 2.24) is 0 Å². The molecule has 0 bridgehead atoms. The van der Waals surface area contributed by atoms with Gasteiger partial charge in [-0.1, -0.05) is 0 Å². The first-order valence-electron chi connectivity index (χ1n) is 2.62. The van der Waals surface area contributed by atoms with E-state index in [1.54, 1.807) is 17.6 Å². The second kappa shape index (κ2) is 2.64. The van der Waals surface area contributed by atoms with Crippen LogP contribution in [0.3, 0.4) is 0 Å². The van der Waals surface area contributed by atoms with Gasteiger partial charge in [-0.05, 0) is 23.9 Å². The van der Waals surface area contributed by atoms with Gasteiger partial charge in [-0.3, -0.25) is 0 Å². The molecule has 48 valence electrons. The van der Waals surface area contributed by atoms with E-state index in [4.69, 9.17) is 5.84 Å². The molecule has 0 amide bonds. The average Bonchev–Trinajstić information content (AvgIpc) is 2.18. The standard InChI is InChI=1S/C6H8N2S/c1-5-2-3-9-6(5)4-8-7/h2-4H,7H2,1H3/b8-4-. The van der Waals surface area contributed by atoms with Gasteiger partial charge in [0.1, 0.15) is 0 Å². The Morgan fingerprint density at radius 2 is 2.56 bits per heavy atom. The van der Waals surface area contributed by atoms with Gasteiger partial charge in [0.15, 0.2) is 0 Å². The van der Waals surface area contributed by atoms with Gasteiger partial charge in [-0.25, -0.2) is 0 Å². The van der Waals surface area contributed by atoms with E-state index in [2.05, 4.69) is 5.10 Å². The predicted molar refractivity (Wildman–Crippen MR) is 40.8 cm³/mol. The minimum absolute atomic E-state index is 1.14. The monoisotopic (exact) mass is 140 g/mol. The molecule has 0 fully saturated rings. The molecule has 0 radical (unpaired) electrons. The molecule has 9 heavy (non-hydrogen) atoms. The third-order valence-corrected chi connectivity index (χ3v) is 2.05. The molecule has 1 rings (SSSR count). The summed E-state index contributed by atoms with van der Waals surface area (Å²) in [6, 6.07) is 2.04. The van der Waals surface area contributed by atoms with Crippen LogP contribution in [0.1, 0.15) is 10.4 Å². The number of rotatable bonds is 1. The summed E-state index contributed by atoms with van der Waals surface area (Å²) in [5.74, 6) is 4.96. The summed E-state index contributed by atoms with van der Waals surface area (Å²) in [4.78, 5) is 1.14. The zero-order chi connectivity index (χ0) is 6.69. The molecule has 1 heterocycles. The fourth-order valence-corrected chi connectivity index (χ4v) is 1.38. The van der Waals surface area contributed by atoms with Gasteiger partial charge in [0.05, 0.1) is 6.21 Å². The van der Waals surface area contributed by atoms with Crippen LogP contribution in [-0.2, 0) is 0 Å². The molecule has 0 aliphatic heterocycles. The van der Waals surface area contributed by atoms with Crippen molar-refractivity contribution in [3.05, 3.63) is 21.9 Å². The van der Waals surface area contributed by atoms with Crippen molar-refractivity contribution in [2.45, 2.75) is 6.92 Å². The summed E-state index contributed by atoms with van der Waals surface area (Å²) in [5.41, 5.74) is 1.23. The zero-order valence-corrected chi connectivity index (χ0v) is 5.98. The number of hydrazone groups is 1. The molecule has 3 heteroatoms. The summed E-state index contributed by atoms with van der Waals surface area (Å²) in [6.07, 6.45) is 1.67. The van der Waals surface area contributed by atoms with Crippen LogP contribution in [0.4, 0.5) is 0 Å². The smallest absolute Gasteiger partial charge is 0.0640 e. The number of aryl methyl sites for hydroxylation is 1. The lowest BCUT2D eigenvalue weighted by Gasteiger charge is -1.83. The molecule has 2 N–H and O–H groups in total. The maximum atomic E-state index is 4.96. The van der Waals surface area contributed by atoms with Gasteiger partial charge in [0.25, 0.3) is 0 Å². The molecule has 0 aliphatic carbocycles. The van der Waals surface area contributed by atoms with Crippen LogP contribution in [0.5, 0.6) is 0 Å². The molecular weight excluding hydrogens is 132 g/mol. The maximum Gasteiger partial charge on any atom is 0.0640 e. The molecule has 0 saturated heterocycles. The highest BCUT2D eigenvalue weighted by Gasteiger charge is 1.92. The van der Waals surface area contributed by atoms with Crippen molar-refractivity contribution >= 4 is 17.6 Å². The van der Waals surface area contributed by atoms with Crippen LogP contribution in [-0.4, -0.2) is 6.21 Å². The number of hydrogen-bond acceptors (Lipinski definition) is 3. The fraction of sp³-hybridized carbons (Fsp3) is 0.167.